The van der Waals surface area contributed by atoms with Gasteiger partial charge in [-0.1, -0.05) is 31.2 Å². The van der Waals surface area contributed by atoms with Crippen molar-refractivity contribution in [2.75, 3.05) is 4.90 Å². The lowest BCUT2D eigenvalue weighted by molar-refractivity contribution is -0.146. The molecule has 6 heteroatoms. The molecule has 4 amide bonds. The van der Waals surface area contributed by atoms with E-state index in [0.717, 1.165) is 9.80 Å². The third-order valence-corrected chi connectivity index (χ3v) is 3.78. The monoisotopic (exact) mass is 314 g/mol. The molecule has 1 aliphatic rings. The van der Waals surface area contributed by atoms with Gasteiger partial charge in [-0.15, -0.1) is 6.58 Å². The average molecular weight is 314 g/mol. The Morgan fingerprint density at radius 2 is 1.83 bits per heavy atom. The smallest absolute Gasteiger partial charge is 0.298 e. The fourth-order valence-electron chi connectivity index (χ4n) is 2.44. The summed E-state index contributed by atoms with van der Waals surface area (Å²) in [4.78, 5) is 51.7. The Morgan fingerprint density at radius 3 is 2.35 bits per heavy atom. The normalized spacial score (nSPS) is 19.7. The van der Waals surface area contributed by atoms with Gasteiger partial charge in [0, 0.05) is 6.42 Å². The van der Waals surface area contributed by atoms with Crippen molar-refractivity contribution in [2.24, 2.45) is 5.92 Å². The summed E-state index contributed by atoms with van der Waals surface area (Å²) >= 11 is 0. The van der Waals surface area contributed by atoms with Crippen molar-refractivity contribution in [3.05, 3.63) is 43.0 Å². The lowest BCUT2D eigenvalue weighted by atomic mass is 9.95. The maximum atomic E-state index is 12.7. The topological polar surface area (TPSA) is 74.8 Å². The molecular formula is C17H18N2O4. The zero-order chi connectivity index (χ0) is 17.1. The molecule has 2 atom stereocenters. The summed E-state index contributed by atoms with van der Waals surface area (Å²) in [5, 5.41) is 0. The van der Waals surface area contributed by atoms with E-state index in [1.807, 2.05) is 0 Å². The van der Waals surface area contributed by atoms with Crippen LogP contribution in [-0.2, 0) is 14.4 Å². The molecular weight excluding hydrogens is 296 g/mol. The van der Waals surface area contributed by atoms with Gasteiger partial charge in [0.15, 0.2) is 11.7 Å². The van der Waals surface area contributed by atoms with Gasteiger partial charge in [0.05, 0.1) is 11.7 Å². The van der Waals surface area contributed by atoms with Gasteiger partial charge < -0.3 is 0 Å². The lowest BCUT2D eigenvalue weighted by Gasteiger charge is -2.38. The van der Waals surface area contributed by atoms with Crippen molar-refractivity contribution in [3.8, 4) is 0 Å². The number of carbonyl (C=O) groups is 4. The van der Waals surface area contributed by atoms with Crippen molar-refractivity contribution in [2.45, 2.75) is 26.3 Å². The van der Waals surface area contributed by atoms with Crippen LogP contribution in [0.5, 0.6) is 0 Å². The van der Waals surface area contributed by atoms with Crippen molar-refractivity contribution in [1.82, 2.24) is 4.90 Å². The van der Waals surface area contributed by atoms with Crippen molar-refractivity contribution >= 4 is 29.3 Å². The highest BCUT2D eigenvalue weighted by Gasteiger charge is 2.50. The van der Waals surface area contributed by atoms with E-state index in [4.69, 9.17) is 0 Å². The van der Waals surface area contributed by atoms with Crippen LogP contribution >= 0.6 is 0 Å². The minimum atomic E-state index is -1.49. The summed E-state index contributed by atoms with van der Waals surface area (Å²) in [6, 6.07) is 6.85. The predicted octanol–water partition coefficient (Wildman–Crippen LogP) is 2.15. The van der Waals surface area contributed by atoms with Gasteiger partial charge in [-0.3, -0.25) is 19.3 Å². The highest BCUT2D eigenvalue weighted by molar-refractivity contribution is 6.34. The molecule has 0 radical (unpaired) electrons. The van der Waals surface area contributed by atoms with Crippen molar-refractivity contribution in [3.63, 3.8) is 0 Å². The number of hydrogen-bond donors (Lipinski definition) is 0. The Morgan fingerprint density at radius 1 is 1.22 bits per heavy atom. The minimum Gasteiger partial charge on any atom is -0.298 e. The van der Waals surface area contributed by atoms with E-state index in [-0.39, 0.29) is 6.42 Å². The molecule has 0 bridgehead atoms. The molecule has 1 fully saturated rings. The highest BCUT2D eigenvalue weighted by atomic mass is 16.2. The Labute approximate surface area is 134 Å². The molecule has 120 valence electrons. The van der Waals surface area contributed by atoms with Gasteiger partial charge in [-0.05, 0) is 19.1 Å². The van der Waals surface area contributed by atoms with Crippen LogP contribution in [-0.4, -0.2) is 34.6 Å². The number of urea groups is 1. The van der Waals surface area contributed by atoms with E-state index in [2.05, 4.69) is 6.58 Å². The molecule has 1 aliphatic heterocycles. The number of nitrogens with zero attached hydrogens (tertiary/aromatic N) is 2. The third kappa shape index (κ3) is 2.79. The van der Waals surface area contributed by atoms with Gasteiger partial charge in [-0.25, -0.2) is 9.69 Å². The molecule has 0 aliphatic carbocycles. The van der Waals surface area contributed by atoms with E-state index in [1.165, 1.54) is 6.08 Å². The number of para-hydroxylation sites is 1. The molecule has 1 aromatic carbocycles. The first-order chi connectivity index (χ1) is 10.9. The van der Waals surface area contributed by atoms with E-state index in [9.17, 15) is 19.2 Å². The maximum absolute atomic E-state index is 12.7. The molecule has 2 unspecified atom stereocenters. The van der Waals surface area contributed by atoms with Crippen LogP contribution in [0.25, 0.3) is 0 Å². The molecule has 0 saturated carbocycles. The molecule has 0 spiro atoms. The number of barbiturate groups is 1. The van der Waals surface area contributed by atoms with E-state index in [1.54, 1.807) is 44.2 Å². The number of hydrogen-bond acceptors (Lipinski definition) is 4. The van der Waals surface area contributed by atoms with Crippen LogP contribution in [0.4, 0.5) is 10.5 Å². The van der Waals surface area contributed by atoms with Crippen LogP contribution in [0.1, 0.15) is 20.3 Å². The van der Waals surface area contributed by atoms with Crippen LogP contribution < -0.4 is 4.90 Å². The number of rotatable bonds is 5. The maximum Gasteiger partial charge on any atom is 0.338 e. The quantitative estimate of drug-likeness (QED) is 0.616. The number of Topliss-reactive ketones (excluding diaryl/α,β-unsaturated/α-hetero) is 1. The number of anilines is 1. The van der Waals surface area contributed by atoms with Crippen molar-refractivity contribution < 1.29 is 19.2 Å². The summed E-state index contributed by atoms with van der Waals surface area (Å²) in [6.45, 7) is 6.76. The molecule has 0 N–H and O–H groups in total. The van der Waals surface area contributed by atoms with Crippen LogP contribution in [0.15, 0.2) is 43.0 Å². The SMILES string of the molecule is C=CC(C)N1C(=O)C(C(=O)CC)C(=O)N(c2ccccc2)C1=O. The van der Waals surface area contributed by atoms with Gasteiger partial charge >= 0.3 is 6.03 Å². The van der Waals surface area contributed by atoms with Gasteiger partial charge in [0.25, 0.3) is 11.8 Å². The first kappa shape index (κ1) is 16.6. The lowest BCUT2D eigenvalue weighted by Crippen LogP contribution is -2.63. The Bertz CT molecular complexity index is 668. The second-order valence-electron chi connectivity index (χ2n) is 5.23. The number of carbonyl (C=O) groups excluding carboxylic acids is 4. The number of imide groups is 2. The van der Waals surface area contributed by atoms with Crippen molar-refractivity contribution in [1.29, 1.82) is 0 Å². The summed E-state index contributed by atoms with van der Waals surface area (Å²) in [5.74, 6) is -3.58. The van der Waals surface area contributed by atoms with E-state index < -0.39 is 35.6 Å². The van der Waals surface area contributed by atoms with Crippen LogP contribution in [0, 0.1) is 5.92 Å². The average Bonchev–Trinajstić information content (AvgIpc) is 2.55. The Hall–Kier alpha value is -2.76. The third-order valence-electron chi connectivity index (χ3n) is 3.78. The standard InChI is InChI=1S/C17H18N2O4/c1-4-11(3)18-15(21)14(13(20)5-2)16(22)19(17(18)23)12-9-7-6-8-10-12/h4,6-11,14H,1,5H2,2-3H3. The fraction of sp³-hybridized carbons (Fsp3) is 0.294. The fourth-order valence-corrected chi connectivity index (χ4v) is 2.44. The zero-order valence-corrected chi connectivity index (χ0v) is 13.1. The summed E-state index contributed by atoms with van der Waals surface area (Å²) in [7, 11) is 0. The molecule has 1 aromatic rings. The molecule has 23 heavy (non-hydrogen) atoms. The minimum absolute atomic E-state index is 0.0370. The van der Waals surface area contributed by atoms with Gasteiger partial charge in [0.1, 0.15) is 0 Å². The number of benzene rings is 1. The Balaban J connectivity index is 2.55. The molecule has 6 nitrogen and oxygen atoms in total. The molecule has 1 heterocycles. The second kappa shape index (κ2) is 6.56. The van der Waals surface area contributed by atoms with E-state index >= 15 is 0 Å². The number of amides is 4. The van der Waals surface area contributed by atoms with Crippen LogP contribution in [0.3, 0.4) is 0 Å². The number of ketones is 1. The summed E-state index contributed by atoms with van der Waals surface area (Å²) in [6.07, 6.45) is 1.46. The zero-order valence-electron chi connectivity index (χ0n) is 13.1. The first-order valence-electron chi connectivity index (χ1n) is 7.35. The molecule has 1 saturated heterocycles. The second-order valence-corrected chi connectivity index (χ2v) is 5.23. The predicted molar refractivity (Wildman–Crippen MR) is 84.6 cm³/mol. The summed E-state index contributed by atoms with van der Waals surface area (Å²) in [5.41, 5.74) is 0.324. The molecule has 2 rings (SSSR count). The van der Waals surface area contributed by atoms with Gasteiger partial charge in [-0.2, -0.15) is 0 Å². The first-order valence-corrected chi connectivity index (χ1v) is 7.35. The van der Waals surface area contributed by atoms with E-state index in [0.29, 0.717) is 5.69 Å². The Kier molecular flexibility index (Phi) is 4.74. The highest BCUT2D eigenvalue weighted by Crippen LogP contribution is 2.27. The largest absolute Gasteiger partial charge is 0.338 e. The van der Waals surface area contributed by atoms with Crippen LogP contribution in [0.2, 0.25) is 0 Å². The molecule has 0 aromatic heterocycles. The summed E-state index contributed by atoms with van der Waals surface area (Å²) < 4.78 is 0. The van der Waals surface area contributed by atoms with Gasteiger partial charge in [0.2, 0.25) is 0 Å².